The van der Waals surface area contributed by atoms with Crippen molar-refractivity contribution in [3.05, 3.63) is 44.5 Å². The van der Waals surface area contributed by atoms with Crippen molar-refractivity contribution >= 4 is 17.0 Å². The predicted molar refractivity (Wildman–Crippen MR) is 112 cm³/mol. The quantitative estimate of drug-likeness (QED) is 0.773. The third-order valence-electron chi connectivity index (χ3n) is 6.62. The fourth-order valence-electron chi connectivity index (χ4n) is 5.05. The van der Waals surface area contributed by atoms with Crippen LogP contribution in [0.25, 0.3) is 11.0 Å². The van der Waals surface area contributed by atoms with Crippen molar-refractivity contribution in [2.75, 3.05) is 13.1 Å². The summed E-state index contributed by atoms with van der Waals surface area (Å²) >= 11 is 0. The summed E-state index contributed by atoms with van der Waals surface area (Å²) in [7, 11) is 0. The molecule has 0 unspecified atom stereocenters. The summed E-state index contributed by atoms with van der Waals surface area (Å²) < 4.78 is 1.59. The van der Waals surface area contributed by atoms with Gasteiger partial charge in [-0.15, -0.1) is 0 Å². The van der Waals surface area contributed by atoms with E-state index in [1.165, 1.54) is 57.1 Å². The number of piperidine rings is 1. The third kappa shape index (κ3) is 4.15. The van der Waals surface area contributed by atoms with Crippen molar-refractivity contribution in [2.24, 2.45) is 0 Å². The Morgan fingerprint density at radius 3 is 2.24 bits per heavy atom. The van der Waals surface area contributed by atoms with Crippen molar-refractivity contribution in [3.63, 3.8) is 0 Å². The lowest BCUT2D eigenvalue weighted by Gasteiger charge is -2.39. The van der Waals surface area contributed by atoms with Gasteiger partial charge in [-0.05, 0) is 43.9 Å². The lowest BCUT2D eigenvalue weighted by Crippen LogP contribution is -2.45. The number of likely N-dealkylation sites (tertiary alicyclic amines) is 1. The Labute approximate surface area is 169 Å². The van der Waals surface area contributed by atoms with E-state index in [9.17, 15) is 19.5 Å². The second-order valence-electron chi connectivity index (χ2n) is 8.43. The Morgan fingerprint density at radius 2 is 1.59 bits per heavy atom. The average molecular weight is 399 g/mol. The van der Waals surface area contributed by atoms with Gasteiger partial charge in [0.2, 0.25) is 0 Å². The van der Waals surface area contributed by atoms with E-state index in [1.54, 1.807) is 10.6 Å². The molecule has 4 rings (SSSR count). The maximum Gasteiger partial charge on any atom is 0.335 e. The first kappa shape index (κ1) is 19.9. The van der Waals surface area contributed by atoms with Gasteiger partial charge in [-0.2, -0.15) is 0 Å². The molecule has 0 radical (unpaired) electrons. The van der Waals surface area contributed by atoms with E-state index in [1.807, 2.05) is 0 Å². The van der Waals surface area contributed by atoms with E-state index >= 15 is 0 Å². The zero-order chi connectivity index (χ0) is 20.4. The van der Waals surface area contributed by atoms with E-state index < -0.39 is 17.1 Å². The molecule has 2 heterocycles. The second kappa shape index (κ2) is 8.53. The summed E-state index contributed by atoms with van der Waals surface area (Å²) in [5.41, 5.74) is -0.147. The number of H-pyrrole nitrogens is 1. The number of carbonyl (C=O) groups is 1. The highest BCUT2D eigenvalue weighted by molar-refractivity contribution is 5.92. The molecule has 1 saturated heterocycles. The molecular formula is C22H29N3O4. The van der Waals surface area contributed by atoms with Crippen LogP contribution in [0.15, 0.2) is 27.8 Å². The summed E-state index contributed by atoms with van der Waals surface area (Å²) in [4.78, 5) is 41.2. The first-order chi connectivity index (χ1) is 14.0. The fraction of sp³-hybridized carbons (Fsp3) is 0.591. The molecule has 7 heteroatoms. The van der Waals surface area contributed by atoms with Crippen molar-refractivity contribution in [2.45, 2.75) is 69.9 Å². The summed E-state index contributed by atoms with van der Waals surface area (Å²) in [6.45, 7) is 1.87. The van der Waals surface area contributed by atoms with Gasteiger partial charge in [0.1, 0.15) is 0 Å². The SMILES string of the molecule is O=C(O)c1ccc2c(c1)[nH]c(=O)c(=O)n2C1CCN(C2CCCCCCC2)CC1. The zero-order valence-electron chi connectivity index (χ0n) is 16.7. The molecule has 29 heavy (non-hydrogen) atoms. The maximum atomic E-state index is 12.7. The van der Waals surface area contributed by atoms with Crippen molar-refractivity contribution in [1.29, 1.82) is 0 Å². The second-order valence-corrected chi connectivity index (χ2v) is 8.43. The van der Waals surface area contributed by atoms with Gasteiger partial charge < -0.3 is 15.0 Å². The zero-order valence-corrected chi connectivity index (χ0v) is 16.7. The van der Waals surface area contributed by atoms with E-state index in [-0.39, 0.29) is 11.6 Å². The Morgan fingerprint density at radius 1 is 0.931 bits per heavy atom. The van der Waals surface area contributed by atoms with E-state index in [2.05, 4.69) is 9.88 Å². The van der Waals surface area contributed by atoms with Crippen LogP contribution in [0.4, 0.5) is 0 Å². The molecule has 1 aromatic carbocycles. The van der Waals surface area contributed by atoms with Crippen LogP contribution in [-0.4, -0.2) is 44.7 Å². The van der Waals surface area contributed by atoms with E-state index in [4.69, 9.17) is 0 Å². The van der Waals surface area contributed by atoms with Crippen LogP contribution in [-0.2, 0) is 0 Å². The number of rotatable bonds is 3. The molecule has 1 aromatic heterocycles. The number of fused-ring (bicyclic) bond motifs is 1. The molecule has 1 aliphatic carbocycles. The van der Waals surface area contributed by atoms with Gasteiger partial charge in [0, 0.05) is 25.2 Å². The van der Waals surface area contributed by atoms with E-state index in [0.717, 1.165) is 25.9 Å². The Hall–Kier alpha value is -2.41. The number of benzene rings is 1. The predicted octanol–water partition coefficient (Wildman–Crippen LogP) is 3.14. The number of nitrogens with zero attached hydrogens (tertiary/aromatic N) is 2. The molecular weight excluding hydrogens is 370 g/mol. The van der Waals surface area contributed by atoms with Crippen LogP contribution in [0.5, 0.6) is 0 Å². The normalized spacial score (nSPS) is 20.4. The van der Waals surface area contributed by atoms with Crippen LogP contribution in [0.1, 0.15) is 74.2 Å². The molecule has 0 amide bonds. The number of carboxylic acid groups (broad SMARTS) is 1. The van der Waals surface area contributed by atoms with Crippen molar-refractivity contribution < 1.29 is 9.90 Å². The number of nitrogens with one attached hydrogen (secondary N) is 1. The molecule has 2 aromatic rings. The molecule has 0 atom stereocenters. The summed E-state index contributed by atoms with van der Waals surface area (Å²) in [5.74, 6) is -1.06. The number of hydrogen-bond acceptors (Lipinski definition) is 4. The standard InChI is InChI=1S/C22H29N3O4/c26-20-21(27)25(19-9-8-15(22(28)29)14-18(19)23-20)17-10-12-24(13-11-17)16-6-4-2-1-3-5-7-16/h8-9,14,16-17H,1-7,10-13H2,(H,23,26)(H,28,29). The van der Waals surface area contributed by atoms with Gasteiger partial charge in [-0.1, -0.05) is 32.1 Å². The first-order valence-corrected chi connectivity index (χ1v) is 10.8. The van der Waals surface area contributed by atoms with Gasteiger partial charge >= 0.3 is 17.1 Å². The van der Waals surface area contributed by atoms with Gasteiger partial charge in [0.25, 0.3) is 0 Å². The van der Waals surface area contributed by atoms with Crippen LogP contribution in [0.3, 0.4) is 0 Å². The lowest BCUT2D eigenvalue weighted by molar-refractivity contribution is 0.0697. The Kier molecular flexibility index (Phi) is 5.85. The number of aromatic nitrogens is 2. The molecule has 0 spiro atoms. The molecule has 7 nitrogen and oxygen atoms in total. The van der Waals surface area contributed by atoms with Crippen LogP contribution < -0.4 is 11.1 Å². The largest absolute Gasteiger partial charge is 0.478 e. The van der Waals surface area contributed by atoms with Crippen molar-refractivity contribution in [3.8, 4) is 0 Å². The third-order valence-corrected chi connectivity index (χ3v) is 6.62. The monoisotopic (exact) mass is 399 g/mol. The fourth-order valence-corrected chi connectivity index (χ4v) is 5.05. The average Bonchev–Trinajstić information content (AvgIpc) is 2.69. The number of aromatic carboxylic acids is 1. The highest BCUT2D eigenvalue weighted by Crippen LogP contribution is 2.29. The highest BCUT2D eigenvalue weighted by Gasteiger charge is 2.28. The number of aromatic amines is 1. The smallest absolute Gasteiger partial charge is 0.335 e. The molecule has 2 N–H and O–H groups in total. The van der Waals surface area contributed by atoms with Gasteiger partial charge in [-0.3, -0.25) is 14.2 Å². The molecule has 2 fully saturated rings. The molecule has 1 saturated carbocycles. The topological polar surface area (TPSA) is 95.4 Å². The number of hydrogen-bond donors (Lipinski definition) is 2. The molecule has 2 aliphatic rings. The minimum atomic E-state index is -1.06. The van der Waals surface area contributed by atoms with Gasteiger partial charge in [-0.25, -0.2) is 4.79 Å². The minimum absolute atomic E-state index is 0.0345. The molecule has 0 bridgehead atoms. The lowest BCUT2D eigenvalue weighted by atomic mass is 9.93. The Balaban J connectivity index is 1.57. The minimum Gasteiger partial charge on any atom is -0.478 e. The van der Waals surface area contributed by atoms with Crippen LogP contribution in [0.2, 0.25) is 0 Å². The maximum absolute atomic E-state index is 12.7. The highest BCUT2D eigenvalue weighted by atomic mass is 16.4. The van der Waals surface area contributed by atoms with E-state index in [0.29, 0.717) is 17.1 Å². The summed E-state index contributed by atoms with van der Waals surface area (Å²) in [5, 5.41) is 9.21. The first-order valence-electron chi connectivity index (χ1n) is 10.8. The van der Waals surface area contributed by atoms with Crippen molar-refractivity contribution in [1.82, 2.24) is 14.5 Å². The Bertz CT molecular complexity index is 993. The molecule has 1 aliphatic heterocycles. The van der Waals surface area contributed by atoms with Crippen LogP contribution >= 0.6 is 0 Å². The molecule has 156 valence electrons. The summed E-state index contributed by atoms with van der Waals surface area (Å²) in [6, 6.07) is 5.16. The van der Waals surface area contributed by atoms with Crippen LogP contribution in [0, 0.1) is 0 Å². The summed E-state index contributed by atoms with van der Waals surface area (Å²) in [6.07, 6.45) is 10.8. The van der Waals surface area contributed by atoms with Gasteiger partial charge in [0.05, 0.1) is 16.6 Å². The van der Waals surface area contributed by atoms with Gasteiger partial charge in [0.15, 0.2) is 0 Å². The number of carboxylic acids is 1.